The summed E-state index contributed by atoms with van der Waals surface area (Å²) in [5.74, 6) is 1.15. The van der Waals surface area contributed by atoms with Crippen molar-refractivity contribution in [2.75, 3.05) is 0 Å². The van der Waals surface area contributed by atoms with E-state index in [-0.39, 0.29) is 5.25 Å². The quantitative estimate of drug-likeness (QED) is 0.431. The van der Waals surface area contributed by atoms with Crippen LogP contribution in [0, 0.1) is 5.92 Å². The summed E-state index contributed by atoms with van der Waals surface area (Å²) < 4.78 is 0. The third-order valence-electron chi connectivity index (χ3n) is 3.45. The van der Waals surface area contributed by atoms with Gasteiger partial charge in [-0.05, 0) is 23.5 Å². The fourth-order valence-corrected chi connectivity index (χ4v) is 2.44. The number of hydrogen-bond donors (Lipinski definition) is 2. The molecule has 0 heterocycles. The van der Waals surface area contributed by atoms with Crippen LogP contribution >= 0.6 is 12.6 Å². The first-order valence-corrected chi connectivity index (χ1v) is 6.81. The predicted molar refractivity (Wildman–Crippen MR) is 82.3 cm³/mol. The highest BCUT2D eigenvalue weighted by molar-refractivity contribution is 7.81. The molecule has 3 atom stereocenters. The third kappa shape index (κ3) is 4.26. The van der Waals surface area contributed by atoms with E-state index in [9.17, 15) is 5.11 Å². The summed E-state index contributed by atoms with van der Waals surface area (Å²) in [7, 11) is 0. The largest absolute Gasteiger partial charge is 0.512 e. The molecule has 0 fully saturated rings. The maximum absolute atomic E-state index is 9.66. The van der Waals surface area contributed by atoms with Crippen LogP contribution in [0.4, 0.5) is 0 Å². The first kappa shape index (κ1) is 14.9. The van der Waals surface area contributed by atoms with Crippen LogP contribution < -0.4 is 0 Å². The van der Waals surface area contributed by atoms with Crippen molar-refractivity contribution in [3.63, 3.8) is 0 Å². The average molecular weight is 262 g/mol. The van der Waals surface area contributed by atoms with Gasteiger partial charge in [0, 0.05) is 11.7 Å². The van der Waals surface area contributed by atoms with Crippen molar-refractivity contribution in [3.8, 4) is 0 Å². The van der Waals surface area contributed by atoms with Gasteiger partial charge in [0.25, 0.3) is 0 Å². The molecular formula is C16H22OS. The molecule has 1 rings (SSSR count). The molecule has 1 aromatic carbocycles. The molecule has 0 aliphatic rings. The minimum atomic E-state index is 0.136. The second-order valence-corrected chi connectivity index (χ2v) is 5.39. The second-order valence-electron chi connectivity index (χ2n) is 4.72. The zero-order chi connectivity index (χ0) is 13.5. The summed E-state index contributed by atoms with van der Waals surface area (Å²) in [4.78, 5) is 0. The molecule has 0 aliphatic heterocycles. The molecule has 0 saturated carbocycles. The Bertz CT molecular complexity index is 397. The van der Waals surface area contributed by atoms with E-state index in [1.54, 1.807) is 12.2 Å². The molecule has 0 aromatic heterocycles. The highest BCUT2D eigenvalue weighted by atomic mass is 32.1. The van der Waals surface area contributed by atoms with Crippen LogP contribution in [0.15, 0.2) is 54.8 Å². The minimum Gasteiger partial charge on any atom is -0.512 e. The Morgan fingerprint density at radius 2 is 1.94 bits per heavy atom. The molecule has 1 unspecified atom stereocenters. The summed E-state index contributed by atoms with van der Waals surface area (Å²) in [6.45, 7) is 7.96. The maximum atomic E-state index is 9.66. The molecule has 1 aromatic rings. The highest BCUT2D eigenvalue weighted by Crippen LogP contribution is 2.31. The third-order valence-corrected chi connectivity index (χ3v) is 4.10. The Balaban J connectivity index is 2.66. The molecule has 0 aliphatic carbocycles. The zero-order valence-electron chi connectivity index (χ0n) is 11.1. The predicted octanol–water partition coefficient (Wildman–Crippen LogP) is 4.74. The van der Waals surface area contributed by atoms with Gasteiger partial charge in [0.05, 0.1) is 5.76 Å². The summed E-state index contributed by atoms with van der Waals surface area (Å²) in [5.41, 5.74) is 1.32. The topological polar surface area (TPSA) is 20.2 Å². The fraction of sp³-hybridized carbons (Fsp3) is 0.375. The van der Waals surface area contributed by atoms with Crippen molar-refractivity contribution in [2.45, 2.75) is 31.4 Å². The van der Waals surface area contributed by atoms with Crippen LogP contribution in [0.5, 0.6) is 0 Å². The Hall–Kier alpha value is -1.15. The van der Waals surface area contributed by atoms with Crippen LogP contribution in [0.1, 0.15) is 31.7 Å². The number of thiol groups is 1. The van der Waals surface area contributed by atoms with Crippen LogP contribution in [0.25, 0.3) is 0 Å². The van der Waals surface area contributed by atoms with Crippen molar-refractivity contribution in [1.82, 2.24) is 0 Å². The summed E-state index contributed by atoms with van der Waals surface area (Å²) >= 11 is 4.61. The lowest BCUT2D eigenvalue weighted by molar-refractivity contribution is 0.362. The fourth-order valence-electron chi connectivity index (χ4n) is 2.00. The lowest BCUT2D eigenvalue weighted by Crippen LogP contribution is -2.18. The van der Waals surface area contributed by atoms with Gasteiger partial charge in [0.2, 0.25) is 0 Å². The summed E-state index contributed by atoms with van der Waals surface area (Å²) in [6.07, 6.45) is 3.80. The average Bonchev–Trinajstić information content (AvgIpc) is 2.38. The standard InChI is InChI=1S/C16H22OS/c1-4-8-15(17)11-16(18)13(3)12(2)14-9-6-5-7-10-14/h4-10,12-13,16-18H,1,11H2,2-3H3/b15-8+/t12-,13+,16?/m1/s1. The minimum absolute atomic E-state index is 0.136. The van der Waals surface area contributed by atoms with E-state index in [0.717, 1.165) is 0 Å². The molecular weight excluding hydrogens is 240 g/mol. The Labute approximate surface area is 116 Å². The van der Waals surface area contributed by atoms with Crippen LogP contribution in [0.3, 0.4) is 0 Å². The van der Waals surface area contributed by atoms with Gasteiger partial charge in [-0.25, -0.2) is 0 Å². The van der Waals surface area contributed by atoms with Crippen molar-refractivity contribution >= 4 is 12.6 Å². The molecule has 18 heavy (non-hydrogen) atoms. The molecule has 2 heteroatoms. The van der Waals surface area contributed by atoms with E-state index < -0.39 is 0 Å². The van der Waals surface area contributed by atoms with Crippen molar-refractivity contribution < 1.29 is 5.11 Å². The van der Waals surface area contributed by atoms with Gasteiger partial charge >= 0.3 is 0 Å². The van der Waals surface area contributed by atoms with E-state index in [1.165, 1.54) is 5.56 Å². The number of benzene rings is 1. The van der Waals surface area contributed by atoms with Crippen LogP contribution in [0.2, 0.25) is 0 Å². The van der Waals surface area contributed by atoms with E-state index in [1.807, 2.05) is 6.07 Å². The van der Waals surface area contributed by atoms with E-state index in [4.69, 9.17) is 0 Å². The molecule has 1 N–H and O–H groups in total. The van der Waals surface area contributed by atoms with Gasteiger partial charge in [-0.15, -0.1) is 0 Å². The lowest BCUT2D eigenvalue weighted by Gasteiger charge is -2.25. The number of hydrogen-bond acceptors (Lipinski definition) is 2. The molecule has 0 saturated heterocycles. The monoisotopic (exact) mass is 262 g/mol. The summed E-state index contributed by atoms with van der Waals surface area (Å²) in [5, 5.41) is 9.80. The maximum Gasteiger partial charge on any atom is 0.0933 e. The van der Waals surface area contributed by atoms with Gasteiger partial charge in [-0.3, -0.25) is 0 Å². The molecule has 0 spiro atoms. The number of rotatable bonds is 6. The van der Waals surface area contributed by atoms with Gasteiger partial charge in [0.15, 0.2) is 0 Å². The first-order chi connectivity index (χ1) is 8.56. The van der Waals surface area contributed by atoms with Crippen molar-refractivity contribution in [1.29, 1.82) is 0 Å². The van der Waals surface area contributed by atoms with E-state index in [2.05, 4.69) is 57.3 Å². The second kappa shape index (κ2) is 7.32. The van der Waals surface area contributed by atoms with E-state index >= 15 is 0 Å². The van der Waals surface area contributed by atoms with Crippen molar-refractivity contribution in [3.05, 3.63) is 60.4 Å². The summed E-state index contributed by atoms with van der Waals surface area (Å²) in [6, 6.07) is 10.4. The number of allylic oxidation sites excluding steroid dienone is 3. The number of aliphatic hydroxyl groups is 1. The van der Waals surface area contributed by atoms with Gasteiger partial charge in [-0.1, -0.05) is 56.8 Å². The van der Waals surface area contributed by atoms with E-state index in [0.29, 0.717) is 24.0 Å². The normalized spacial score (nSPS) is 16.9. The zero-order valence-corrected chi connectivity index (χ0v) is 12.0. The molecule has 0 amide bonds. The smallest absolute Gasteiger partial charge is 0.0933 e. The molecule has 1 nitrogen and oxygen atoms in total. The SMILES string of the molecule is C=C/C=C(/O)CC(S)[C@@H](C)[C@@H](C)c1ccccc1. The van der Waals surface area contributed by atoms with Crippen molar-refractivity contribution in [2.24, 2.45) is 5.92 Å². The Morgan fingerprint density at radius 3 is 2.50 bits per heavy atom. The highest BCUT2D eigenvalue weighted by Gasteiger charge is 2.21. The molecule has 98 valence electrons. The Morgan fingerprint density at radius 1 is 1.33 bits per heavy atom. The Kier molecular flexibility index (Phi) is 6.06. The number of aliphatic hydroxyl groups excluding tert-OH is 1. The molecule has 0 radical (unpaired) electrons. The van der Waals surface area contributed by atoms with Gasteiger partial charge in [0.1, 0.15) is 0 Å². The molecule has 0 bridgehead atoms. The lowest BCUT2D eigenvalue weighted by atomic mass is 9.85. The van der Waals surface area contributed by atoms with Crippen LogP contribution in [-0.4, -0.2) is 10.4 Å². The van der Waals surface area contributed by atoms with Gasteiger partial charge in [-0.2, -0.15) is 12.6 Å². The van der Waals surface area contributed by atoms with Gasteiger partial charge < -0.3 is 5.11 Å². The van der Waals surface area contributed by atoms with Crippen LogP contribution in [-0.2, 0) is 0 Å². The first-order valence-electron chi connectivity index (χ1n) is 6.29.